The number of aromatic carboxylic acids is 1. The Bertz CT molecular complexity index is 582. The zero-order chi connectivity index (χ0) is 13.7. The average Bonchev–Trinajstić information content (AvgIpc) is 2.46. The van der Waals surface area contributed by atoms with Crippen LogP contribution in [0.4, 0.5) is 0 Å². The molecular formula is C13H11N3O3. The summed E-state index contributed by atoms with van der Waals surface area (Å²) in [5.74, 6) is -1.45. The molecule has 0 unspecified atom stereocenters. The number of hydrogen-bond donors (Lipinski definition) is 2. The number of carboxylic acids is 1. The fourth-order valence-corrected chi connectivity index (χ4v) is 1.42. The van der Waals surface area contributed by atoms with Crippen molar-refractivity contribution < 1.29 is 14.7 Å². The standard InChI is InChI=1S/C13H11N3O3/c17-12(16-8-10-3-1-2-6-14-10)11-5-4-9(7-15-11)13(18)19/h1-7H,8H2,(H,16,17)(H,18,19). The largest absolute Gasteiger partial charge is 0.478 e. The lowest BCUT2D eigenvalue weighted by Crippen LogP contribution is -2.24. The highest BCUT2D eigenvalue weighted by Gasteiger charge is 2.09. The van der Waals surface area contributed by atoms with Crippen LogP contribution in [0.25, 0.3) is 0 Å². The zero-order valence-corrected chi connectivity index (χ0v) is 9.91. The van der Waals surface area contributed by atoms with Crippen molar-refractivity contribution in [3.63, 3.8) is 0 Å². The number of nitrogens with zero attached hydrogens (tertiary/aromatic N) is 2. The molecule has 6 heteroatoms. The fourth-order valence-electron chi connectivity index (χ4n) is 1.42. The van der Waals surface area contributed by atoms with E-state index >= 15 is 0 Å². The molecule has 0 atom stereocenters. The first kappa shape index (κ1) is 12.7. The summed E-state index contributed by atoms with van der Waals surface area (Å²) in [5, 5.41) is 11.4. The molecule has 2 heterocycles. The van der Waals surface area contributed by atoms with Gasteiger partial charge in [-0.1, -0.05) is 6.07 Å². The van der Waals surface area contributed by atoms with E-state index in [0.717, 1.165) is 11.9 Å². The minimum absolute atomic E-state index is 0.0428. The molecule has 2 N–H and O–H groups in total. The maximum absolute atomic E-state index is 11.8. The number of hydrogen-bond acceptors (Lipinski definition) is 4. The van der Waals surface area contributed by atoms with Crippen LogP contribution in [0.2, 0.25) is 0 Å². The molecule has 1 amide bonds. The first-order chi connectivity index (χ1) is 9.16. The van der Waals surface area contributed by atoms with Gasteiger partial charge < -0.3 is 10.4 Å². The minimum Gasteiger partial charge on any atom is -0.478 e. The monoisotopic (exact) mass is 257 g/mol. The van der Waals surface area contributed by atoms with Crippen molar-refractivity contribution in [3.05, 3.63) is 59.7 Å². The van der Waals surface area contributed by atoms with Gasteiger partial charge in [-0.15, -0.1) is 0 Å². The van der Waals surface area contributed by atoms with Crippen LogP contribution in [0.1, 0.15) is 26.5 Å². The molecule has 96 valence electrons. The molecule has 6 nitrogen and oxygen atoms in total. The lowest BCUT2D eigenvalue weighted by atomic mass is 10.2. The van der Waals surface area contributed by atoms with Gasteiger partial charge in [-0.3, -0.25) is 14.8 Å². The summed E-state index contributed by atoms with van der Waals surface area (Å²) in [6.45, 7) is 0.294. The van der Waals surface area contributed by atoms with Crippen molar-refractivity contribution in [1.29, 1.82) is 0 Å². The summed E-state index contributed by atoms with van der Waals surface area (Å²) < 4.78 is 0. The van der Waals surface area contributed by atoms with Gasteiger partial charge in [0, 0.05) is 12.4 Å². The van der Waals surface area contributed by atoms with Crippen LogP contribution in [0.15, 0.2) is 42.7 Å². The van der Waals surface area contributed by atoms with Gasteiger partial charge in [0.1, 0.15) is 5.69 Å². The van der Waals surface area contributed by atoms with E-state index in [1.54, 1.807) is 18.3 Å². The molecule has 2 aromatic heterocycles. The SMILES string of the molecule is O=C(O)c1ccc(C(=O)NCc2ccccn2)nc1. The van der Waals surface area contributed by atoms with E-state index in [4.69, 9.17) is 5.11 Å². The molecular weight excluding hydrogens is 246 g/mol. The summed E-state index contributed by atoms with van der Waals surface area (Å²) in [5.41, 5.74) is 0.945. The quantitative estimate of drug-likeness (QED) is 0.855. The lowest BCUT2D eigenvalue weighted by molar-refractivity contribution is 0.0695. The molecule has 0 aliphatic heterocycles. The van der Waals surface area contributed by atoms with Crippen molar-refractivity contribution in [3.8, 4) is 0 Å². The Labute approximate surface area is 109 Å². The van der Waals surface area contributed by atoms with Crippen LogP contribution >= 0.6 is 0 Å². The first-order valence-electron chi connectivity index (χ1n) is 5.54. The van der Waals surface area contributed by atoms with Crippen molar-refractivity contribution >= 4 is 11.9 Å². The molecule has 2 rings (SSSR count). The smallest absolute Gasteiger partial charge is 0.337 e. The van der Waals surface area contributed by atoms with E-state index in [2.05, 4.69) is 15.3 Å². The maximum Gasteiger partial charge on any atom is 0.337 e. The van der Waals surface area contributed by atoms with Gasteiger partial charge in [-0.25, -0.2) is 4.79 Å². The second-order valence-corrected chi connectivity index (χ2v) is 3.74. The van der Waals surface area contributed by atoms with Gasteiger partial charge in [0.05, 0.1) is 17.8 Å². The predicted molar refractivity (Wildman–Crippen MR) is 66.6 cm³/mol. The third-order valence-electron chi connectivity index (χ3n) is 2.40. The number of pyridine rings is 2. The first-order valence-corrected chi connectivity index (χ1v) is 5.54. The highest BCUT2D eigenvalue weighted by atomic mass is 16.4. The van der Waals surface area contributed by atoms with E-state index < -0.39 is 5.97 Å². The van der Waals surface area contributed by atoms with E-state index in [-0.39, 0.29) is 17.2 Å². The van der Waals surface area contributed by atoms with Crippen LogP contribution in [0.5, 0.6) is 0 Å². The highest BCUT2D eigenvalue weighted by Crippen LogP contribution is 2.01. The topological polar surface area (TPSA) is 92.2 Å². The summed E-state index contributed by atoms with van der Waals surface area (Å²) in [6.07, 6.45) is 2.79. The predicted octanol–water partition coefficient (Wildman–Crippen LogP) is 1.10. The molecule has 0 aliphatic carbocycles. The Morgan fingerprint density at radius 2 is 2.00 bits per heavy atom. The van der Waals surface area contributed by atoms with Crippen molar-refractivity contribution in [2.45, 2.75) is 6.54 Å². The van der Waals surface area contributed by atoms with E-state index in [1.165, 1.54) is 12.1 Å². The lowest BCUT2D eigenvalue weighted by Gasteiger charge is -2.04. The third kappa shape index (κ3) is 3.35. The normalized spacial score (nSPS) is 9.89. The molecule has 0 aliphatic rings. The summed E-state index contributed by atoms with van der Waals surface area (Å²) in [6, 6.07) is 8.12. The zero-order valence-electron chi connectivity index (χ0n) is 9.91. The van der Waals surface area contributed by atoms with Crippen molar-refractivity contribution in [2.24, 2.45) is 0 Å². The van der Waals surface area contributed by atoms with Crippen LogP contribution in [0, 0.1) is 0 Å². The molecule has 0 spiro atoms. The van der Waals surface area contributed by atoms with Gasteiger partial charge in [0.15, 0.2) is 0 Å². The molecule has 0 bridgehead atoms. The number of nitrogens with one attached hydrogen (secondary N) is 1. The maximum atomic E-state index is 11.8. The number of rotatable bonds is 4. The van der Waals surface area contributed by atoms with Gasteiger partial charge in [-0.05, 0) is 24.3 Å². The van der Waals surface area contributed by atoms with Gasteiger partial charge >= 0.3 is 5.97 Å². The molecule has 0 fully saturated rings. The summed E-state index contributed by atoms with van der Waals surface area (Å²) in [7, 11) is 0. The van der Waals surface area contributed by atoms with Gasteiger partial charge in [0.25, 0.3) is 5.91 Å². The molecule has 19 heavy (non-hydrogen) atoms. The Balaban J connectivity index is 1.98. The number of carboxylic acid groups (broad SMARTS) is 1. The van der Waals surface area contributed by atoms with E-state index in [0.29, 0.717) is 6.54 Å². The average molecular weight is 257 g/mol. The number of carbonyl (C=O) groups excluding carboxylic acids is 1. The number of amides is 1. The Morgan fingerprint density at radius 1 is 1.16 bits per heavy atom. The summed E-state index contributed by atoms with van der Waals surface area (Å²) in [4.78, 5) is 30.3. The van der Waals surface area contributed by atoms with E-state index in [9.17, 15) is 9.59 Å². The van der Waals surface area contributed by atoms with Crippen LogP contribution in [0.3, 0.4) is 0 Å². The third-order valence-corrected chi connectivity index (χ3v) is 2.40. The Morgan fingerprint density at radius 3 is 2.58 bits per heavy atom. The number of carbonyl (C=O) groups is 2. The van der Waals surface area contributed by atoms with Crippen molar-refractivity contribution in [1.82, 2.24) is 15.3 Å². The second-order valence-electron chi connectivity index (χ2n) is 3.74. The van der Waals surface area contributed by atoms with Gasteiger partial charge in [0.2, 0.25) is 0 Å². The number of aromatic nitrogens is 2. The molecule has 0 saturated carbocycles. The molecule has 2 aromatic rings. The van der Waals surface area contributed by atoms with Gasteiger partial charge in [-0.2, -0.15) is 0 Å². The Hall–Kier alpha value is -2.76. The molecule has 0 saturated heterocycles. The fraction of sp³-hybridized carbons (Fsp3) is 0.0769. The van der Waals surface area contributed by atoms with Crippen LogP contribution < -0.4 is 5.32 Å². The summed E-state index contributed by atoms with van der Waals surface area (Å²) >= 11 is 0. The van der Waals surface area contributed by atoms with Crippen molar-refractivity contribution in [2.75, 3.05) is 0 Å². The van der Waals surface area contributed by atoms with Crippen LogP contribution in [-0.4, -0.2) is 27.0 Å². The Kier molecular flexibility index (Phi) is 3.82. The molecule has 0 aromatic carbocycles. The van der Waals surface area contributed by atoms with Crippen LogP contribution in [-0.2, 0) is 6.54 Å². The highest BCUT2D eigenvalue weighted by molar-refractivity contribution is 5.93. The minimum atomic E-state index is -1.08. The van der Waals surface area contributed by atoms with E-state index in [1.807, 2.05) is 6.07 Å². The molecule has 0 radical (unpaired) electrons. The second kappa shape index (κ2) is 5.72.